The number of carboxylic acid groups (broad SMARTS) is 1. The lowest BCUT2D eigenvalue weighted by Crippen LogP contribution is -2.38. The van der Waals surface area contributed by atoms with Crippen LogP contribution in [0.25, 0.3) is 0 Å². The molecule has 0 unspecified atom stereocenters. The third-order valence-corrected chi connectivity index (χ3v) is 2.77. The van der Waals surface area contributed by atoms with Gasteiger partial charge in [0.25, 0.3) is 0 Å². The minimum atomic E-state index is -1.44. The summed E-state index contributed by atoms with van der Waals surface area (Å²) in [6, 6.07) is 7.67. The Morgan fingerprint density at radius 3 is 2.60 bits per heavy atom. The van der Waals surface area contributed by atoms with Crippen molar-refractivity contribution in [2.75, 3.05) is 13.1 Å². The number of carboxylic acids is 1. The van der Waals surface area contributed by atoms with Crippen molar-refractivity contribution >= 4 is 12.0 Å². The van der Waals surface area contributed by atoms with Crippen LogP contribution in [-0.2, 0) is 11.2 Å². The molecule has 6 nitrogen and oxygen atoms in total. The third kappa shape index (κ3) is 6.19. The number of hydrogen-bond acceptors (Lipinski definition) is 3. The van der Waals surface area contributed by atoms with E-state index in [1.165, 1.54) is 5.56 Å². The predicted molar refractivity (Wildman–Crippen MR) is 74.5 cm³/mol. The van der Waals surface area contributed by atoms with Crippen molar-refractivity contribution in [1.29, 1.82) is 0 Å². The molecule has 1 atom stereocenters. The fourth-order valence-corrected chi connectivity index (χ4v) is 1.70. The molecular weight excluding hydrogens is 260 g/mol. The van der Waals surface area contributed by atoms with Gasteiger partial charge >= 0.3 is 12.0 Å². The Balaban J connectivity index is 2.16. The molecule has 1 rings (SSSR count). The summed E-state index contributed by atoms with van der Waals surface area (Å²) in [6.07, 6.45) is -0.726. The van der Waals surface area contributed by atoms with Crippen LogP contribution in [0.15, 0.2) is 24.3 Å². The number of rotatable bonds is 7. The lowest BCUT2D eigenvalue weighted by Gasteiger charge is -2.09. The van der Waals surface area contributed by atoms with Gasteiger partial charge in [-0.3, -0.25) is 0 Å². The van der Waals surface area contributed by atoms with Crippen LogP contribution >= 0.6 is 0 Å². The second-order valence-corrected chi connectivity index (χ2v) is 4.56. The van der Waals surface area contributed by atoms with Gasteiger partial charge in [0.05, 0.1) is 0 Å². The second kappa shape index (κ2) is 8.16. The summed E-state index contributed by atoms with van der Waals surface area (Å²) in [5.41, 5.74) is 2.32. The predicted octanol–water partition coefficient (Wildman–Crippen LogP) is 0.672. The van der Waals surface area contributed by atoms with E-state index in [9.17, 15) is 9.59 Å². The van der Waals surface area contributed by atoms with Gasteiger partial charge in [0.15, 0.2) is 6.10 Å². The van der Waals surface area contributed by atoms with Crippen molar-refractivity contribution < 1.29 is 19.8 Å². The first-order valence-corrected chi connectivity index (χ1v) is 6.47. The van der Waals surface area contributed by atoms with Gasteiger partial charge in [-0.1, -0.05) is 29.8 Å². The first-order valence-electron chi connectivity index (χ1n) is 6.47. The molecule has 0 saturated heterocycles. The number of aryl methyl sites for hydroxylation is 1. The lowest BCUT2D eigenvalue weighted by molar-refractivity contribution is -0.146. The van der Waals surface area contributed by atoms with E-state index in [1.807, 2.05) is 25.1 Å². The summed E-state index contributed by atoms with van der Waals surface area (Å²) in [5, 5.41) is 22.6. The molecule has 6 heteroatoms. The highest BCUT2D eigenvalue weighted by atomic mass is 16.4. The van der Waals surface area contributed by atoms with E-state index in [2.05, 4.69) is 16.7 Å². The molecule has 0 aliphatic heterocycles. The van der Waals surface area contributed by atoms with E-state index in [0.717, 1.165) is 12.0 Å². The van der Waals surface area contributed by atoms with Crippen molar-refractivity contribution in [3.8, 4) is 0 Å². The molecule has 110 valence electrons. The molecule has 0 spiro atoms. The van der Waals surface area contributed by atoms with Gasteiger partial charge in [0.1, 0.15) is 0 Å². The Kier molecular flexibility index (Phi) is 6.52. The van der Waals surface area contributed by atoms with Crippen LogP contribution in [0.4, 0.5) is 4.79 Å². The average Bonchev–Trinajstić information content (AvgIpc) is 2.38. The monoisotopic (exact) mass is 280 g/mol. The quantitative estimate of drug-likeness (QED) is 0.590. The highest BCUT2D eigenvalue weighted by Gasteiger charge is 2.12. The van der Waals surface area contributed by atoms with Crippen molar-refractivity contribution in [1.82, 2.24) is 10.6 Å². The van der Waals surface area contributed by atoms with Crippen LogP contribution in [0, 0.1) is 6.92 Å². The normalized spacial score (nSPS) is 11.7. The van der Waals surface area contributed by atoms with Gasteiger partial charge in [-0.25, -0.2) is 9.59 Å². The molecule has 0 aliphatic carbocycles. The highest BCUT2D eigenvalue weighted by molar-refractivity contribution is 5.74. The Morgan fingerprint density at radius 2 is 1.95 bits per heavy atom. The van der Waals surface area contributed by atoms with Crippen molar-refractivity contribution in [3.63, 3.8) is 0 Å². The topological polar surface area (TPSA) is 98.7 Å². The molecule has 0 aliphatic rings. The molecular formula is C14H20N2O4. The Bertz CT molecular complexity index is 462. The molecule has 0 radical (unpaired) electrons. The van der Waals surface area contributed by atoms with Crippen LogP contribution in [0.2, 0.25) is 0 Å². The molecule has 1 aromatic carbocycles. The standard InChI is InChI=1S/C14H20N2O4/c1-10-3-2-4-11(9-10)5-7-15-14(20)16-8-6-12(17)13(18)19/h2-4,9,12,17H,5-8H2,1H3,(H,18,19)(H2,15,16,20)/t12-/m0/s1. The SMILES string of the molecule is Cc1cccc(CCNC(=O)NCC[C@H](O)C(=O)O)c1. The largest absolute Gasteiger partial charge is 0.479 e. The molecule has 1 aromatic rings. The summed E-state index contributed by atoms with van der Waals surface area (Å²) in [4.78, 5) is 21.8. The van der Waals surface area contributed by atoms with Gasteiger partial charge < -0.3 is 20.8 Å². The number of hydrogen-bond donors (Lipinski definition) is 4. The number of urea groups is 1. The fraction of sp³-hybridized carbons (Fsp3) is 0.429. The zero-order valence-corrected chi connectivity index (χ0v) is 11.4. The van der Waals surface area contributed by atoms with Crippen LogP contribution in [0.5, 0.6) is 0 Å². The van der Waals surface area contributed by atoms with Gasteiger partial charge in [0.2, 0.25) is 0 Å². The minimum absolute atomic E-state index is 0.0133. The zero-order chi connectivity index (χ0) is 15.0. The minimum Gasteiger partial charge on any atom is -0.479 e. The van der Waals surface area contributed by atoms with E-state index < -0.39 is 12.1 Å². The summed E-state index contributed by atoms with van der Waals surface area (Å²) >= 11 is 0. The highest BCUT2D eigenvalue weighted by Crippen LogP contribution is 2.03. The van der Waals surface area contributed by atoms with Crippen LogP contribution in [-0.4, -0.2) is 41.4 Å². The molecule has 0 fully saturated rings. The molecule has 4 N–H and O–H groups in total. The number of aliphatic hydroxyl groups excluding tert-OH is 1. The first kappa shape index (κ1) is 16.0. The second-order valence-electron chi connectivity index (χ2n) is 4.56. The van der Waals surface area contributed by atoms with E-state index in [1.54, 1.807) is 0 Å². The van der Waals surface area contributed by atoms with Gasteiger partial charge in [0, 0.05) is 19.5 Å². The zero-order valence-electron chi connectivity index (χ0n) is 11.4. The van der Waals surface area contributed by atoms with Gasteiger partial charge in [-0.05, 0) is 18.9 Å². The number of carbonyl (C=O) groups is 2. The smallest absolute Gasteiger partial charge is 0.332 e. The van der Waals surface area contributed by atoms with Crippen LogP contribution in [0.1, 0.15) is 17.5 Å². The van der Waals surface area contributed by atoms with E-state index in [4.69, 9.17) is 10.2 Å². The average molecular weight is 280 g/mol. The lowest BCUT2D eigenvalue weighted by atomic mass is 10.1. The molecule has 20 heavy (non-hydrogen) atoms. The van der Waals surface area contributed by atoms with Gasteiger partial charge in [-0.2, -0.15) is 0 Å². The van der Waals surface area contributed by atoms with Gasteiger partial charge in [-0.15, -0.1) is 0 Å². The van der Waals surface area contributed by atoms with Crippen LogP contribution < -0.4 is 10.6 Å². The van der Waals surface area contributed by atoms with E-state index in [0.29, 0.717) is 6.54 Å². The first-order chi connectivity index (χ1) is 9.49. The Labute approximate surface area is 117 Å². The molecule has 2 amide bonds. The summed E-state index contributed by atoms with van der Waals surface area (Å²) in [7, 11) is 0. The van der Waals surface area contributed by atoms with Crippen molar-refractivity contribution in [2.24, 2.45) is 0 Å². The number of benzene rings is 1. The maximum Gasteiger partial charge on any atom is 0.332 e. The number of amides is 2. The summed E-state index contributed by atoms with van der Waals surface area (Å²) in [5.74, 6) is -1.29. The Morgan fingerprint density at radius 1 is 1.25 bits per heavy atom. The van der Waals surface area contributed by atoms with Crippen molar-refractivity contribution in [3.05, 3.63) is 35.4 Å². The fourth-order valence-electron chi connectivity index (χ4n) is 1.70. The summed E-state index contributed by atoms with van der Waals surface area (Å²) < 4.78 is 0. The maximum atomic E-state index is 11.4. The molecule has 0 aromatic heterocycles. The molecule has 0 saturated carbocycles. The van der Waals surface area contributed by atoms with E-state index in [-0.39, 0.29) is 19.0 Å². The summed E-state index contributed by atoms with van der Waals surface area (Å²) in [6.45, 7) is 2.62. The maximum absolute atomic E-state index is 11.4. The van der Waals surface area contributed by atoms with E-state index >= 15 is 0 Å². The van der Waals surface area contributed by atoms with Crippen LogP contribution in [0.3, 0.4) is 0 Å². The Hall–Kier alpha value is -2.08. The number of aliphatic hydroxyl groups is 1. The third-order valence-electron chi connectivity index (χ3n) is 2.77. The number of carbonyl (C=O) groups excluding carboxylic acids is 1. The molecule has 0 heterocycles. The molecule has 0 bridgehead atoms. The number of nitrogens with one attached hydrogen (secondary N) is 2. The number of aliphatic carboxylic acids is 1. The van der Waals surface area contributed by atoms with Crippen molar-refractivity contribution in [2.45, 2.75) is 25.9 Å².